The van der Waals surface area contributed by atoms with E-state index in [-0.39, 0.29) is 17.8 Å². The molecule has 0 saturated carbocycles. The van der Waals surface area contributed by atoms with Gasteiger partial charge < -0.3 is 10.4 Å². The number of nitrogens with one attached hydrogen (secondary N) is 1. The first-order chi connectivity index (χ1) is 12.8. The molecule has 0 atom stereocenters. The summed E-state index contributed by atoms with van der Waals surface area (Å²) in [5.41, 5.74) is -0.698. The zero-order valence-corrected chi connectivity index (χ0v) is 15.4. The van der Waals surface area contributed by atoms with Crippen molar-refractivity contribution in [1.29, 1.82) is 0 Å². The third-order valence-corrected chi connectivity index (χ3v) is 5.53. The third kappa shape index (κ3) is 6.79. The molecule has 2 aromatic rings. The third-order valence-electron chi connectivity index (χ3n) is 3.12. The molecule has 0 aliphatic heterocycles. The first-order valence-electron chi connectivity index (χ1n) is 7.62. The first kappa shape index (κ1) is 21.1. The highest BCUT2D eigenvalue weighted by atomic mass is 33.1. The number of aromatic nitrogens is 3. The van der Waals surface area contributed by atoms with Gasteiger partial charge in [0.2, 0.25) is 0 Å². The number of alkyl halides is 3. The average molecular weight is 420 g/mol. The van der Waals surface area contributed by atoms with Gasteiger partial charge in [0.1, 0.15) is 0 Å². The molecule has 0 fully saturated rings. The summed E-state index contributed by atoms with van der Waals surface area (Å²) in [5.74, 6) is -0.318. The zero-order chi connectivity index (χ0) is 19.9. The van der Waals surface area contributed by atoms with Crippen LogP contribution in [0.3, 0.4) is 0 Å². The second-order valence-electron chi connectivity index (χ2n) is 5.14. The predicted molar refractivity (Wildman–Crippen MR) is 95.9 cm³/mol. The second kappa shape index (κ2) is 9.65. The first-order valence-corrected chi connectivity index (χ1v) is 10.1. The number of carbonyl (C=O) groups is 2. The lowest BCUT2D eigenvalue weighted by molar-refractivity contribution is -0.138. The molecule has 0 bridgehead atoms. The summed E-state index contributed by atoms with van der Waals surface area (Å²) in [5, 5.41) is 18.5. The Labute approximate surface area is 160 Å². The summed E-state index contributed by atoms with van der Waals surface area (Å²) in [7, 11) is 2.82. The minimum Gasteiger partial charge on any atom is -0.481 e. The van der Waals surface area contributed by atoms with E-state index in [1.807, 2.05) is 0 Å². The molecule has 0 radical (unpaired) electrons. The van der Waals surface area contributed by atoms with E-state index in [4.69, 9.17) is 5.11 Å². The summed E-state index contributed by atoms with van der Waals surface area (Å²) >= 11 is 0. The molecule has 146 valence electrons. The number of carbonyl (C=O) groups excluding carboxylic acids is 1. The lowest BCUT2D eigenvalue weighted by Gasteiger charge is -2.08. The van der Waals surface area contributed by atoms with E-state index < -0.39 is 23.6 Å². The molecular formula is C15H15F3N4O3S2. The maximum Gasteiger partial charge on any atom is 0.416 e. The molecule has 0 aliphatic carbocycles. The number of benzene rings is 1. The number of carboxylic acid groups (broad SMARTS) is 1. The van der Waals surface area contributed by atoms with Gasteiger partial charge in [-0.3, -0.25) is 9.59 Å². The van der Waals surface area contributed by atoms with Crippen molar-refractivity contribution in [1.82, 2.24) is 20.3 Å². The molecular weight excluding hydrogens is 405 g/mol. The Kier molecular flexibility index (Phi) is 7.54. The topological polar surface area (TPSA) is 97.1 Å². The molecule has 0 spiro atoms. The molecule has 1 heterocycles. The summed E-state index contributed by atoms with van der Waals surface area (Å²) in [6.45, 7) is 0.333. The summed E-state index contributed by atoms with van der Waals surface area (Å²) < 4.78 is 39.4. The number of rotatable bonds is 9. The minimum absolute atomic E-state index is 0.0176. The van der Waals surface area contributed by atoms with Crippen LogP contribution >= 0.6 is 21.6 Å². The van der Waals surface area contributed by atoms with Gasteiger partial charge in [-0.25, -0.2) is 4.68 Å². The maximum absolute atomic E-state index is 12.8. The monoisotopic (exact) mass is 420 g/mol. The molecule has 1 amide bonds. The molecule has 2 N–H and O–H groups in total. The van der Waals surface area contributed by atoms with Crippen LogP contribution in [0.5, 0.6) is 0 Å². The summed E-state index contributed by atoms with van der Waals surface area (Å²) in [6.07, 6.45) is -3.15. The summed E-state index contributed by atoms with van der Waals surface area (Å²) in [4.78, 5) is 22.3. The van der Waals surface area contributed by atoms with Crippen molar-refractivity contribution in [2.24, 2.45) is 0 Å². The Morgan fingerprint density at radius 1 is 1.22 bits per heavy atom. The van der Waals surface area contributed by atoms with Gasteiger partial charge >= 0.3 is 12.1 Å². The van der Waals surface area contributed by atoms with Gasteiger partial charge in [-0.05, 0) is 18.2 Å². The Bertz CT molecular complexity index is 799. The zero-order valence-electron chi connectivity index (χ0n) is 13.8. The van der Waals surface area contributed by atoms with Gasteiger partial charge in [-0.1, -0.05) is 32.9 Å². The van der Waals surface area contributed by atoms with Gasteiger partial charge in [-0.2, -0.15) is 13.2 Å². The van der Waals surface area contributed by atoms with Gasteiger partial charge in [0, 0.05) is 18.1 Å². The van der Waals surface area contributed by atoms with Gasteiger partial charge in [0.05, 0.1) is 23.9 Å². The highest BCUT2D eigenvalue weighted by Gasteiger charge is 2.30. The number of aliphatic carboxylic acids is 1. The Balaban J connectivity index is 1.85. The fourth-order valence-electron chi connectivity index (χ4n) is 1.86. The van der Waals surface area contributed by atoms with Crippen molar-refractivity contribution in [3.63, 3.8) is 0 Å². The van der Waals surface area contributed by atoms with E-state index >= 15 is 0 Å². The standard InChI is InChI=1S/C15H15F3N4O3S2/c16-15(17,18)10-2-1-3-11(8-10)22-9-12(20-21-22)14(25)19-5-7-27-26-6-4-13(23)24/h1-3,8-9H,4-7H2,(H,19,25)(H,23,24). The number of hydrogen-bond donors (Lipinski definition) is 2. The van der Waals surface area contributed by atoms with E-state index in [0.29, 0.717) is 18.1 Å². The quantitative estimate of drug-likeness (QED) is 0.476. The van der Waals surface area contributed by atoms with E-state index in [1.54, 1.807) is 0 Å². The van der Waals surface area contributed by atoms with Crippen molar-refractivity contribution in [3.8, 4) is 5.69 Å². The van der Waals surface area contributed by atoms with Gasteiger partial charge in [0.25, 0.3) is 5.91 Å². The molecule has 0 saturated heterocycles. The van der Waals surface area contributed by atoms with Gasteiger partial charge in [0.15, 0.2) is 5.69 Å². The van der Waals surface area contributed by atoms with Crippen LogP contribution in [0.2, 0.25) is 0 Å². The van der Waals surface area contributed by atoms with E-state index in [2.05, 4.69) is 15.6 Å². The van der Waals surface area contributed by atoms with Crippen LogP contribution in [0, 0.1) is 0 Å². The molecule has 0 unspecified atom stereocenters. The van der Waals surface area contributed by atoms with E-state index in [9.17, 15) is 22.8 Å². The van der Waals surface area contributed by atoms with Crippen LogP contribution in [-0.2, 0) is 11.0 Å². The highest BCUT2D eigenvalue weighted by molar-refractivity contribution is 8.76. The van der Waals surface area contributed by atoms with Crippen LogP contribution in [0.15, 0.2) is 30.5 Å². The fourth-order valence-corrected chi connectivity index (χ4v) is 3.75. The highest BCUT2D eigenvalue weighted by Crippen LogP contribution is 2.30. The number of amides is 1. The normalized spacial score (nSPS) is 11.4. The van der Waals surface area contributed by atoms with Crippen LogP contribution < -0.4 is 5.32 Å². The smallest absolute Gasteiger partial charge is 0.416 e. The van der Waals surface area contributed by atoms with E-state index in [0.717, 1.165) is 16.8 Å². The molecule has 12 heteroatoms. The van der Waals surface area contributed by atoms with Crippen LogP contribution in [0.4, 0.5) is 13.2 Å². The lowest BCUT2D eigenvalue weighted by atomic mass is 10.2. The maximum atomic E-state index is 12.8. The number of carboxylic acids is 1. The average Bonchev–Trinajstić information content (AvgIpc) is 3.10. The van der Waals surface area contributed by atoms with Crippen molar-refractivity contribution >= 4 is 33.5 Å². The minimum atomic E-state index is -4.48. The van der Waals surface area contributed by atoms with Crippen molar-refractivity contribution < 1.29 is 27.9 Å². The van der Waals surface area contributed by atoms with Crippen LogP contribution in [0.1, 0.15) is 22.5 Å². The second-order valence-corrected chi connectivity index (χ2v) is 7.84. The van der Waals surface area contributed by atoms with Crippen LogP contribution in [-0.4, -0.2) is 50.0 Å². The molecule has 1 aromatic carbocycles. The molecule has 0 aliphatic rings. The molecule has 7 nitrogen and oxygen atoms in total. The lowest BCUT2D eigenvalue weighted by Crippen LogP contribution is -2.25. The molecule has 1 aromatic heterocycles. The SMILES string of the molecule is O=C(O)CCSSCCNC(=O)c1cn(-c2cccc(C(F)(F)F)c2)nn1. The van der Waals surface area contributed by atoms with Crippen molar-refractivity contribution in [2.75, 3.05) is 18.1 Å². The Morgan fingerprint density at radius 2 is 1.96 bits per heavy atom. The molecule has 2 rings (SSSR count). The van der Waals surface area contributed by atoms with Crippen molar-refractivity contribution in [2.45, 2.75) is 12.6 Å². The van der Waals surface area contributed by atoms with Crippen molar-refractivity contribution in [3.05, 3.63) is 41.7 Å². The Hall–Kier alpha value is -2.21. The number of nitrogens with zero attached hydrogens (tertiary/aromatic N) is 3. The summed E-state index contributed by atoms with van der Waals surface area (Å²) in [6, 6.07) is 4.54. The predicted octanol–water partition coefficient (Wildman–Crippen LogP) is 2.87. The fraction of sp³-hybridized carbons (Fsp3) is 0.333. The number of halogens is 3. The largest absolute Gasteiger partial charge is 0.481 e. The van der Waals surface area contributed by atoms with Crippen LogP contribution in [0.25, 0.3) is 5.69 Å². The van der Waals surface area contributed by atoms with Gasteiger partial charge in [-0.15, -0.1) is 5.10 Å². The van der Waals surface area contributed by atoms with E-state index in [1.165, 1.54) is 39.9 Å². The molecule has 27 heavy (non-hydrogen) atoms. The Morgan fingerprint density at radius 3 is 2.67 bits per heavy atom. The number of hydrogen-bond acceptors (Lipinski definition) is 6.